The molecule has 2 fully saturated rings. The molecule has 2 aromatic rings. The lowest BCUT2D eigenvalue weighted by Crippen LogP contribution is -2.67. The zero-order valence-corrected chi connectivity index (χ0v) is 18.6. The van der Waals surface area contributed by atoms with E-state index < -0.39 is 10.0 Å². The summed E-state index contributed by atoms with van der Waals surface area (Å²) >= 11 is 0. The highest BCUT2D eigenvalue weighted by molar-refractivity contribution is 7.89. The van der Waals surface area contributed by atoms with Crippen molar-refractivity contribution in [3.8, 4) is 11.8 Å². The summed E-state index contributed by atoms with van der Waals surface area (Å²) in [5.41, 5.74) is 2.75. The van der Waals surface area contributed by atoms with Gasteiger partial charge in [-0.2, -0.15) is 0 Å². The Labute approximate surface area is 185 Å². The van der Waals surface area contributed by atoms with E-state index in [1.54, 1.807) is 17.4 Å². The molecule has 3 heterocycles. The molecule has 0 bridgehead atoms. The van der Waals surface area contributed by atoms with E-state index in [-0.39, 0.29) is 30.4 Å². The van der Waals surface area contributed by atoms with Crippen molar-refractivity contribution in [2.24, 2.45) is 0 Å². The summed E-state index contributed by atoms with van der Waals surface area (Å²) < 4.78 is 26.8. The molecule has 2 aliphatic rings. The maximum absolute atomic E-state index is 12.6. The van der Waals surface area contributed by atoms with Crippen molar-refractivity contribution in [2.75, 3.05) is 32.0 Å². The average Bonchev–Trinajstić information content (AvgIpc) is 2.78. The van der Waals surface area contributed by atoms with Crippen LogP contribution in [0.5, 0.6) is 0 Å². The molecule has 7 heteroatoms. The Kier molecular flexibility index (Phi) is 6.73. The largest absolute Gasteiger partial charge is 0.395 e. The molecule has 31 heavy (non-hydrogen) atoms. The number of aliphatic hydroxyl groups is 1. The van der Waals surface area contributed by atoms with Gasteiger partial charge in [0.15, 0.2) is 0 Å². The van der Waals surface area contributed by atoms with Crippen LogP contribution in [0.2, 0.25) is 0 Å². The Bertz CT molecular complexity index is 1040. The number of sulfonamides is 1. The van der Waals surface area contributed by atoms with Crippen molar-refractivity contribution >= 4 is 10.0 Å². The van der Waals surface area contributed by atoms with Gasteiger partial charge in [0, 0.05) is 42.9 Å². The molecule has 0 radical (unpaired) electrons. The Morgan fingerprint density at radius 1 is 1.10 bits per heavy atom. The Hall–Kier alpha value is -2.24. The molecular weight excluding hydrogens is 410 g/mol. The van der Waals surface area contributed by atoms with Gasteiger partial charge >= 0.3 is 0 Å². The highest BCUT2D eigenvalue weighted by atomic mass is 32.2. The SMILES string of the molecule is CCS(=O)(=O)N1CCCCN2[C@H](CO)[C@H](c3ccc(C#Cc4ccccn4)cc3)[C@@H]2C1. The van der Waals surface area contributed by atoms with Crippen LogP contribution in [0.15, 0.2) is 48.7 Å². The minimum Gasteiger partial charge on any atom is -0.395 e. The fourth-order valence-electron chi connectivity index (χ4n) is 4.71. The number of aromatic nitrogens is 1. The van der Waals surface area contributed by atoms with Crippen molar-refractivity contribution in [3.63, 3.8) is 0 Å². The van der Waals surface area contributed by atoms with E-state index in [1.165, 1.54) is 0 Å². The number of pyridine rings is 1. The van der Waals surface area contributed by atoms with Crippen molar-refractivity contribution in [3.05, 3.63) is 65.5 Å². The van der Waals surface area contributed by atoms with Crippen LogP contribution in [0.25, 0.3) is 0 Å². The number of fused-ring (bicyclic) bond motifs is 1. The molecular formula is C24H29N3O3S. The zero-order chi connectivity index (χ0) is 21.8. The molecule has 6 nitrogen and oxygen atoms in total. The van der Waals surface area contributed by atoms with Crippen molar-refractivity contribution in [1.29, 1.82) is 0 Å². The van der Waals surface area contributed by atoms with Crippen LogP contribution in [0.3, 0.4) is 0 Å². The Morgan fingerprint density at radius 2 is 1.87 bits per heavy atom. The van der Waals surface area contributed by atoms with Gasteiger partial charge in [0.25, 0.3) is 0 Å². The molecule has 0 spiro atoms. The Morgan fingerprint density at radius 3 is 2.55 bits per heavy atom. The van der Waals surface area contributed by atoms with Crippen LogP contribution < -0.4 is 0 Å². The summed E-state index contributed by atoms with van der Waals surface area (Å²) in [6.07, 6.45) is 3.52. The van der Waals surface area contributed by atoms with Crippen LogP contribution in [-0.4, -0.2) is 71.8 Å². The standard InChI is InChI=1S/C24H29N3O3S/c1-2-31(29,30)26-15-5-6-16-27-22(17-26)24(23(27)18-28)20-11-8-19(9-12-20)10-13-21-7-3-4-14-25-21/h3-4,7-9,11-12,14,22-24,28H,2,5-6,15-18H2,1H3/t22-,23+,24+/m0/s1. The maximum Gasteiger partial charge on any atom is 0.213 e. The smallest absolute Gasteiger partial charge is 0.213 e. The van der Waals surface area contributed by atoms with E-state index in [0.717, 1.165) is 36.2 Å². The first-order valence-electron chi connectivity index (χ1n) is 10.9. The summed E-state index contributed by atoms with van der Waals surface area (Å²) in [6, 6.07) is 13.9. The first-order valence-corrected chi connectivity index (χ1v) is 12.5. The highest BCUT2D eigenvalue weighted by Crippen LogP contribution is 2.42. The highest BCUT2D eigenvalue weighted by Gasteiger charge is 2.49. The third-order valence-electron chi connectivity index (χ3n) is 6.39. The lowest BCUT2D eigenvalue weighted by molar-refractivity contribution is -0.0553. The van der Waals surface area contributed by atoms with Crippen LogP contribution in [0, 0.1) is 11.8 Å². The normalized spacial score (nSPS) is 24.8. The van der Waals surface area contributed by atoms with Gasteiger partial charge < -0.3 is 5.11 Å². The minimum absolute atomic E-state index is 0.0275. The molecule has 1 aromatic carbocycles. The number of hydrogen-bond donors (Lipinski definition) is 1. The molecule has 0 aliphatic carbocycles. The van der Waals surface area contributed by atoms with Gasteiger partial charge in [0.2, 0.25) is 10.0 Å². The number of rotatable bonds is 4. The molecule has 0 saturated carbocycles. The summed E-state index contributed by atoms with van der Waals surface area (Å²) in [5.74, 6) is 6.43. The van der Waals surface area contributed by atoms with E-state index >= 15 is 0 Å². The molecule has 0 amide bonds. The van der Waals surface area contributed by atoms with Gasteiger partial charge in [-0.25, -0.2) is 17.7 Å². The zero-order valence-electron chi connectivity index (χ0n) is 17.8. The van der Waals surface area contributed by atoms with Gasteiger partial charge in [-0.3, -0.25) is 4.90 Å². The van der Waals surface area contributed by atoms with Gasteiger partial charge in [0.1, 0.15) is 5.69 Å². The fraction of sp³-hybridized carbons (Fsp3) is 0.458. The van der Waals surface area contributed by atoms with E-state index in [4.69, 9.17) is 0 Å². The van der Waals surface area contributed by atoms with Crippen LogP contribution in [-0.2, 0) is 10.0 Å². The monoisotopic (exact) mass is 439 g/mol. The second kappa shape index (κ2) is 9.49. The summed E-state index contributed by atoms with van der Waals surface area (Å²) in [4.78, 5) is 6.51. The topological polar surface area (TPSA) is 73.7 Å². The molecule has 3 atom stereocenters. The van der Waals surface area contributed by atoms with E-state index in [2.05, 4.69) is 33.9 Å². The van der Waals surface area contributed by atoms with Crippen LogP contribution in [0.4, 0.5) is 0 Å². The molecule has 4 rings (SSSR count). The van der Waals surface area contributed by atoms with Gasteiger partial charge in [-0.1, -0.05) is 24.1 Å². The molecule has 2 aliphatic heterocycles. The van der Waals surface area contributed by atoms with E-state index in [0.29, 0.717) is 13.1 Å². The fourth-order valence-corrected chi connectivity index (χ4v) is 5.86. The van der Waals surface area contributed by atoms with Crippen LogP contribution >= 0.6 is 0 Å². The first kappa shape index (κ1) is 22.0. The number of nitrogens with zero attached hydrogens (tertiary/aromatic N) is 3. The van der Waals surface area contributed by atoms with E-state index in [9.17, 15) is 13.5 Å². The van der Waals surface area contributed by atoms with Crippen molar-refractivity contribution in [1.82, 2.24) is 14.2 Å². The lowest BCUT2D eigenvalue weighted by Gasteiger charge is -2.57. The predicted molar refractivity (Wildman–Crippen MR) is 121 cm³/mol. The number of aliphatic hydroxyl groups excluding tert-OH is 1. The minimum atomic E-state index is -3.23. The second-order valence-corrected chi connectivity index (χ2v) is 10.4. The summed E-state index contributed by atoms with van der Waals surface area (Å²) in [6.45, 7) is 3.74. The summed E-state index contributed by atoms with van der Waals surface area (Å²) in [5, 5.41) is 10.1. The maximum atomic E-state index is 12.6. The molecule has 2 saturated heterocycles. The first-order chi connectivity index (χ1) is 15.0. The van der Waals surface area contributed by atoms with Gasteiger partial charge in [0.05, 0.1) is 12.4 Å². The van der Waals surface area contributed by atoms with E-state index in [1.807, 2.05) is 30.3 Å². The van der Waals surface area contributed by atoms with Crippen molar-refractivity contribution < 1.29 is 13.5 Å². The quantitative estimate of drug-likeness (QED) is 0.739. The summed E-state index contributed by atoms with van der Waals surface area (Å²) in [7, 11) is -3.23. The van der Waals surface area contributed by atoms with Crippen LogP contribution in [0.1, 0.15) is 42.5 Å². The second-order valence-electron chi connectivity index (χ2n) is 8.13. The molecule has 0 unspecified atom stereocenters. The molecule has 164 valence electrons. The third-order valence-corrected chi connectivity index (χ3v) is 8.23. The van der Waals surface area contributed by atoms with Crippen molar-refractivity contribution in [2.45, 2.75) is 37.8 Å². The van der Waals surface area contributed by atoms with Gasteiger partial charge in [-0.05, 0) is 62.1 Å². The average molecular weight is 440 g/mol. The van der Waals surface area contributed by atoms with Gasteiger partial charge in [-0.15, -0.1) is 0 Å². The number of benzene rings is 1. The number of hydrogen-bond acceptors (Lipinski definition) is 5. The third kappa shape index (κ3) is 4.68. The lowest BCUT2D eigenvalue weighted by atomic mass is 9.74. The Balaban J connectivity index is 1.55. The molecule has 1 N–H and O–H groups in total. The molecule has 1 aromatic heterocycles. The predicted octanol–water partition coefficient (Wildman–Crippen LogP) is 2.06.